The van der Waals surface area contributed by atoms with Crippen LogP contribution in [0.2, 0.25) is 0 Å². The number of carbonyl (C=O) groups excluding carboxylic acids is 1. The van der Waals surface area contributed by atoms with Crippen molar-refractivity contribution in [2.75, 3.05) is 0 Å². The average Bonchev–Trinajstić information content (AvgIpc) is 2.97. The van der Waals surface area contributed by atoms with Crippen molar-refractivity contribution in [1.29, 1.82) is 0 Å². The first-order chi connectivity index (χ1) is 13.8. The summed E-state index contributed by atoms with van der Waals surface area (Å²) in [7, 11) is 0. The summed E-state index contributed by atoms with van der Waals surface area (Å²) in [5.74, 6) is -1.06. The van der Waals surface area contributed by atoms with Crippen molar-refractivity contribution in [1.82, 2.24) is 14.5 Å². The maximum atomic E-state index is 13.7. The normalized spacial score (nSPS) is 11.1. The van der Waals surface area contributed by atoms with E-state index in [1.807, 2.05) is 30.5 Å². The Bertz CT molecular complexity index is 986. The number of pyridine rings is 1. The fraction of sp³-hybridized carbons (Fsp3) is 0.286. The number of aromatic nitrogens is 3. The lowest BCUT2D eigenvalue weighted by Gasteiger charge is -2.13. The average molecular weight is 417 g/mol. The third-order valence-electron chi connectivity index (χ3n) is 4.12. The molecule has 2 aromatic heterocycles. The molecule has 0 saturated heterocycles. The lowest BCUT2D eigenvalue weighted by Crippen LogP contribution is -2.10. The van der Waals surface area contributed by atoms with E-state index in [0.717, 1.165) is 22.3 Å². The third kappa shape index (κ3) is 5.41. The molecule has 0 atom stereocenters. The molecule has 3 rings (SSSR count). The number of halogens is 2. The zero-order valence-corrected chi connectivity index (χ0v) is 17.2. The summed E-state index contributed by atoms with van der Waals surface area (Å²) < 4.78 is 34.5. The molecule has 0 unspecified atom stereocenters. The van der Waals surface area contributed by atoms with E-state index in [1.54, 1.807) is 12.4 Å². The van der Waals surface area contributed by atoms with Crippen LogP contribution in [0.5, 0.6) is 0 Å². The van der Waals surface area contributed by atoms with Gasteiger partial charge < -0.3 is 9.30 Å². The van der Waals surface area contributed by atoms with Crippen LogP contribution in [0, 0.1) is 11.6 Å². The summed E-state index contributed by atoms with van der Waals surface area (Å²) in [4.78, 5) is 20.5. The molecule has 2 heterocycles. The van der Waals surface area contributed by atoms with Crippen molar-refractivity contribution in [3.8, 4) is 0 Å². The molecule has 0 amide bonds. The van der Waals surface area contributed by atoms with E-state index < -0.39 is 17.6 Å². The molecule has 0 N–H and O–H groups in total. The predicted molar refractivity (Wildman–Crippen MR) is 106 cm³/mol. The van der Waals surface area contributed by atoms with Crippen LogP contribution < -0.4 is 0 Å². The van der Waals surface area contributed by atoms with E-state index in [9.17, 15) is 13.6 Å². The Morgan fingerprint density at radius 1 is 1.17 bits per heavy atom. The fourth-order valence-corrected chi connectivity index (χ4v) is 4.03. The minimum Gasteiger partial charge on any atom is -0.458 e. The number of hydrogen-bond acceptors (Lipinski definition) is 5. The van der Waals surface area contributed by atoms with Crippen LogP contribution in [0.4, 0.5) is 8.78 Å². The molecule has 1 aromatic carbocycles. The van der Waals surface area contributed by atoms with Crippen LogP contribution in [0.3, 0.4) is 0 Å². The fourth-order valence-electron chi connectivity index (χ4n) is 2.80. The number of carbonyl (C=O) groups is 1. The molecule has 0 bridgehead atoms. The first kappa shape index (κ1) is 21.0. The van der Waals surface area contributed by atoms with Gasteiger partial charge in [0.2, 0.25) is 0 Å². The minimum absolute atomic E-state index is 0.0121. The van der Waals surface area contributed by atoms with Crippen LogP contribution >= 0.6 is 11.8 Å². The third-order valence-corrected chi connectivity index (χ3v) is 5.21. The van der Waals surface area contributed by atoms with Crippen LogP contribution in [-0.2, 0) is 22.7 Å². The molecule has 152 valence electrons. The second kappa shape index (κ2) is 9.17. The van der Waals surface area contributed by atoms with Gasteiger partial charge in [0, 0.05) is 30.3 Å². The Hall–Kier alpha value is -2.74. The van der Waals surface area contributed by atoms with Crippen LogP contribution in [0.1, 0.15) is 43.8 Å². The summed E-state index contributed by atoms with van der Waals surface area (Å²) in [6.07, 6.45) is 3.38. The summed E-state index contributed by atoms with van der Waals surface area (Å²) in [6.45, 7) is 5.79. The van der Waals surface area contributed by atoms with E-state index in [-0.39, 0.29) is 12.5 Å². The first-order valence-electron chi connectivity index (χ1n) is 9.09. The van der Waals surface area contributed by atoms with Crippen LogP contribution in [0.25, 0.3) is 0 Å². The summed E-state index contributed by atoms with van der Waals surface area (Å²) >= 11 is 1.24. The maximum absolute atomic E-state index is 13.7. The van der Waals surface area contributed by atoms with Gasteiger partial charge in [-0.05, 0) is 35.7 Å². The molecular formula is C21H21F2N3O2S. The lowest BCUT2D eigenvalue weighted by atomic mass is 10.1. The summed E-state index contributed by atoms with van der Waals surface area (Å²) in [5, 5.41) is 0.754. The molecular weight excluding hydrogens is 396 g/mol. The Morgan fingerprint density at radius 2 is 1.83 bits per heavy atom. The van der Waals surface area contributed by atoms with Gasteiger partial charge >= 0.3 is 5.97 Å². The SMILES string of the molecule is CC(=O)OCc1nc(C(C)C)c(Sc2cc(F)cc(F)c2)n1Cc1ccncc1. The Balaban J connectivity index is 2.08. The van der Waals surface area contributed by atoms with Gasteiger partial charge in [0.1, 0.15) is 29.1 Å². The highest BCUT2D eigenvalue weighted by atomic mass is 32.2. The lowest BCUT2D eigenvalue weighted by molar-refractivity contribution is -0.142. The van der Waals surface area contributed by atoms with Crippen LogP contribution in [-0.4, -0.2) is 20.5 Å². The van der Waals surface area contributed by atoms with E-state index in [1.165, 1.54) is 30.8 Å². The Kier molecular flexibility index (Phi) is 6.64. The number of imidazole rings is 1. The van der Waals surface area contributed by atoms with Crippen molar-refractivity contribution in [3.05, 3.63) is 71.4 Å². The van der Waals surface area contributed by atoms with Gasteiger partial charge in [0.05, 0.1) is 12.2 Å². The highest BCUT2D eigenvalue weighted by Crippen LogP contribution is 2.36. The second-order valence-electron chi connectivity index (χ2n) is 6.80. The van der Waals surface area contributed by atoms with Gasteiger partial charge in [-0.1, -0.05) is 25.6 Å². The number of hydrogen-bond donors (Lipinski definition) is 0. The zero-order valence-electron chi connectivity index (χ0n) is 16.4. The zero-order chi connectivity index (χ0) is 21.0. The largest absolute Gasteiger partial charge is 0.458 e. The summed E-state index contributed by atoms with van der Waals surface area (Å²) in [5.41, 5.74) is 1.75. The molecule has 0 aliphatic heterocycles. The van der Waals surface area contributed by atoms with Gasteiger partial charge in [-0.15, -0.1) is 0 Å². The number of ether oxygens (including phenoxy) is 1. The van der Waals surface area contributed by atoms with E-state index in [0.29, 0.717) is 17.3 Å². The standard InChI is InChI=1S/C21H21F2N3O2S/c1-13(2)20-21(29-18-9-16(22)8-17(23)10-18)26(11-15-4-6-24-7-5-15)19(25-20)12-28-14(3)27/h4-10,13H,11-12H2,1-3H3. The topological polar surface area (TPSA) is 57.0 Å². The molecule has 5 nitrogen and oxygen atoms in total. The molecule has 0 aliphatic rings. The number of esters is 1. The molecule has 0 fully saturated rings. The molecule has 3 aromatic rings. The van der Waals surface area contributed by atoms with Crippen molar-refractivity contribution in [2.24, 2.45) is 0 Å². The molecule has 0 spiro atoms. The van der Waals surface area contributed by atoms with Gasteiger partial charge in [0.15, 0.2) is 0 Å². The minimum atomic E-state index is -0.640. The maximum Gasteiger partial charge on any atom is 0.303 e. The number of nitrogens with zero attached hydrogens (tertiary/aromatic N) is 3. The van der Waals surface area contributed by atoms with Crippen molar-refractivity contribution in [3.63, 3.8) is 0 Å². The van der Waals surface area contributed by atoms with Gasteiger partial charge in [-0.2, -0.15) is 0 Å². The summed E-state index contributed by atoms with van der Waals surface area (Å²) in [6, 6.07) is 7.16. The molecule has 0 radical (unpaired) electrons. The molecule has 0 saturated carbocycles. The van der Waals surface area contributed by atoms with Gasteiger partial charge in [-0.3, -0.25) is 9.78 Å². The predicted octanol–water partition coefficient (Wildman–Crippen LogP) is 4.94. The second-order valence-corrected chi connectivity index (χ2v) is 7.86. The number of benzene rings is 1. The Labute approximate surface area is 172 Å². The highest BCUT2D eigenvalue weighted by Gasteiger charge is 2.22. The molecule has 0 aliphatic carbocycles. The van der Waals surface area contributed by atoms with E-state index >= 15 is 0 Å². The van der Waals surface area contributed by atoms with Gasteiger partial charge in [0.25, 0.3) is 0 Å². The highest BCUT2D eigenvalue weighted by molar-refractivity contribution is 7.99. The van der Waals surface area contributed by atoms with Crippen molar-refractivity contribution < 1.29 is 18.3 Å². The Morgan fingerprint density at radius 3 is 2.41 bits per heavy atom. The van der Waals surface area contributed by atoms with Gasteiger partial charge in [-0.25, -0.2) is 13.8 Å². The van der Waals surface area contributed by atoms with E-state index in [2.05, 4.69) is 9.97 Å². The quantitative estimate of drug-likeness (QED) is 0.510. The van der Waals surface area contributed by atoms with Crippen molar-refractivity contribution >= 4 is 17.7 Å². The van der Waals surface area contributed by atoms with Crippen LogP contribution in [0.15, 0.2) is 52.6 Å². The van der Waals surface area contributed by atoms with Crippen molar-refractivity contribution in [2.45, 2.75) is 49.8 Å². The molecule has 8 heteroatoms. The smallest absolute Gasteiger partial charge is 0.303 e. The van der Waals surface area contributed by atoms with E-state index in [4.69, 9.17) is 4.74 Å². The molecule has 29 heavy (non-hydrogen) atoms. The first-order valence-corrected chi connectivity index (χ1v) is 9.90. The number of rotatable bonds is 7. The monoisotopic (exact) mass is 417 g/mol.